The second-order valence-corrected chi connectivity index (χ2v) is 11.6. The molecule has 8 heteroatoms. The fraction of sp³-hybridized carbons (Fsp3) is 0.483. The van der Waals surface area contributed by atoms with Crippen molar-refractivity contribution >= 4 is 5.91 Å². The highest BCUT2D eigenvalue weighted by Crippen LogP contribution is 2.37. The molecule has 3 saturated heterocycles. The first-order chi connectivity index (χ1) is 17.8. The third-order valence-electron chi connectivity index (χ3n) is 8.10. The number of fused-ring (bicyclic) bond motifs is 4. The molecule has 0 aliphatic carbocycles. The molecular formula is C29H35N5O3. The zero-order chi connectivity index (χ0) is 25.6. The second-order valence-electron chi connectivity index (χ2n) is 11.6. The Labute approximate surface area is 217 Å². The Bertz CT molecular complexity index is 1280. The molecule has 4 aliphatic heterocycles. The minimum absolute atomic E-state index is 0.0339. The van der Waals surface area contributed by atoms with Gasteiger partial charge in [-0.2, -0.15) is 0 Å². The van der Waals surface area contributed by atoms with E-state index in [0.29, 0.717) is 18.5 Å². The lowest BCUT2D eigenvalue weighted by Gasteiger charge is -2.49. The van der Waals surface area contributed by atoms with Crippen LogP contribution in [0.15, 0.2) is 48.7 Å². The van der Waals surface area contributed by atoms with E-state index in [1.54, 1.807) is 0 Å². The highest BCUT2D eigenvalue weighted by atomic mass is 16.7. The van der Waals surface area contributed by atoms with Gasteiger partial charge in [0.15, 0.2) is 11.5 Å². The van der Waals surface area contributed by atoms with Gasteiger partial charge in [-0.3, -0.25) is 14.4 Å². The van der Waals surface area contributed by atoms with Crippen LogP contribution in [0.5, 0.6) is 11.5 Å². The number of ether oxygens (including phenoxy) is 2. The average molecular weight is 502 g/mol. The van der Waals surface area contributed by atoms with Crippen molar-refractivity contribution in [3.8, 4) is 22.8 Å². The van der Waals surface area contributed by atoms with Crippen molar-refractivity contribution in [2.45, 2.75) is 58.2 Å². The van der Waals surface area contributed by atoms with E-state index in [9.17, 15) is 4.79 Å². The van der Waals surface area contributed by atoms with E-state index >= 15 is 0 Å². The highest BCUT2D eigenvalue weighted by molar-refractivity contribution is 5.79. The van der Waals surface area contributed by atoms with Gasteiger partial charge in [-0.15, -0.1) is 5.10 Å². The number of amides is 1. The van der Waals surface area contributed by atoms with Gasteiger partial charge in [-0.05, 0) is 54.0 Å². The molecule has 3 fully saturated rings. The SMILES string of the molecule is CC(C)(C)c1ccc(-c2cn(C[C@H]3CC4CCN3C[C@@H]4C(=O)NCc3ccc4c(c3)OCO4)nn2)cc1. The number of carbonyl (C=O) groups is 1. The van der Waals surface area contributed by atoms with Crippen LogP contribution in [0.2, 0.25) is 0 Å². The van der Waals surface area contributed by atoms with E-state index in [2.05, 4.69) is 65.6 Å². The molecule has 4 aliphatic rings. The fourth-order valence-corrected chi connectivity index (χ4v) is 5.87. The summed E-state index contributed by atoms with van der Waals surface area (Å²) in [6.07, 6.45) is 4.13. The smallest absolute Gasteiger partial charge is 0.231 e. The third-order valence-corrected chi connectivity index (χ3v) is 8.10. The van der Waals surface area contributed by atoms with E-state index in [-0.39, 0.29) is 24.0 Å². The third kappa shape index (κ3) is 4.94. The number of hydrogen-bond donors (Lipinski definition) is 1. The van der Waals surface area contributed by atoms with Crippen molar-refractivity contribution < 1.29 is 14.3 Å². The Hall–Kier alpha value is -3.39. The number of hydrogen-bond acceptors (Lipinski definition) is 6. The average Bonchev–Trinajstić information content (AvgIpc) is 3.56. The van der Waals surface area contributed by atoms with Crippen molar-refractivity contribution in [3.05, 3.63) is 59.8 Å². The summed E-state index contributed by atoms with van der Waals surface area (Å²) < 4.78 is 12.8. The summed E-state index contributed by atoms with van der Waals surface area (Å²) in [5.41, 5.74) is 4.45. The predicted molar refractivity (Wildman–Crippen MR) is 140 cm³/mol. The molecule has 194 valence electrons. The number of carbonyl (C=O) groups excluding carboxylic acids is 1. The Balaban J connectivity index is 1.04. The van der Waals surface area contributed by atoms with Crippen molar-refractivity contribution in [2.24, 2.45) is 11.8 Å². The largest absolute Gasteiger partial charge is 0.454 e. The summed E-state index contributed by atoms with van der Waals surface area (Å²) in [6.45, 7) is 10.1. The van der Waals surface area contributed by atoms with Crippen molar-refractivity contribution in [2.75, 3.05) is 19.9 Å². The maximum atomic E-state index is 13.1. The van der Waals surface area contributed by atoms with E-state index in [4.69, 9.17) is 9.47 Å². The van der Waals surface area contributed by atoms with Crippen LogP contribution in [0.4, 0.5) is 0 Å². The maximum Gasteiger partial charge on any atom is 0.231 e. The molecule has 1 amide bonds. The summed E-state index contributed by atoms with van der Waals surface area (Å²) in [4.78, 5) is 15.5. The number of benzene rings is 2. The fourth-order valence-electron chi connectivity index (χ4n) is 5.87. The molecule has 4 atom stereocenters. The van der Waals surface area contributed by atoms with Gasteiger partial charge in [0, 0.05) is 24.7 Å². The molecule has 5 heterocycles. The molecule has 37 heavy (non-hydrogen) atoms. The molecule has 1 N–H and O–H groups in total. The molecule has 2 unspecified atom stereocenters. The molecule has 0 radical (unpaired) electrons. The van der Waals surface area contributed by atoms with Crippen LogP contribution in [0, 0.1) is 11.8 Å². The Morgan fingerprint density at radius 3 is 2.68 bits per heavy atom. The van der Waals surface area contributed by atoms with Crippen molar-refractivity contribution in [1.82, 2.24) is 25.2 Å². The zero-order valence-corrected chi connectivity index (χ0v) is 21.8. The summed E-state index contributed by atoms with van der Waals surface area (Å²) in [7, 11) is 0. The first kappa shape index (κ1) is 24.0. The summed E-state index contributed by atoms with van der Waals surface area (Å²) in [6, 6.07) is 14.8. The minimum atomic E-state index is 0.0339. The lowest BCUT2D eigenvalue weighted by atomic mass is 9.75. The van der Waals surface area contributed by atoms with Gasteiger partial charge in [-0.25, -0.2) is 0 Å². The number of piperidine rings is 3. The van der Waals surface area contributed by atoms with Gasteiger partial charge in [0.1, 0.15) is 5.69 Å². The minimum Gasteiger partial charge on any atom is -0.454 e. The molecule has 0 spiro atoms. The van der Waals surface area contributed by atoms with Gasteiger partial charge in [-0.1, -0.05) is 56.3 Å². The van der Waals surface area contributed by atoms with Gasteiger partial charge < -0.3 is 14.8 Å². The first-order valence-corrected chi connectivity index (χ1v) is 13.2. The monoisotopic (exact) mass is 501 g/mol. The molecule has 2 bridgehead atoms. The first-order valence-electron chi connectivity index (χ1n) is 13.2. The Morgan fingerprint density at radius 2 is 1.92 bits per heavy atom. The van der Waals surface area contributed by atoms with E-state index in [1.165, 1.54) is 5.56 Å². The molecule has 7 rings (SSSR count). The number of nitrogens with zero attached hydrogens (tertiary/aromatic N) is 4. The van der Waals surface area contributed by atoms with Crippen LogP contribution in [0.3, 0.4) is 0 Å². The molecule has 1 aromatic heterocycles. The lowest BCUT2D eigenvalue weighted by Crippen LogP contribution is -2.57. The van der Waals surface area contributed by atoms with Crippen LogP contribution in [0.1, 0.15) is 44.7 Å². The van der Waals surface area contributed by atoms with E-state index < -0.39 is 0 Å². The molecular weight excluding hydrogens is 466 g/mol. The van der Waals surface area contributed by atoms with Crippen LogP contribution >= 0.6 is 0 Å². The summed E-state index contributed by atoms with van der Waals surface area (Å²) in [5, 5.41) is 12.0. The zero-order valence-electron chi connectivity index (χ0n) is 21.8. The highest BCUT2D eigenvalue weighted by Gasteiger charge is 2.43. The van der Waals surface area contributed by atoms with E-state index in [1.807, 2.05) is 29.1 Å². The number of nitrogens with one attached hydrogen (secondary N) is 1. The van der Waals surface area contributed by atoms with Crippen LogP contribution in [-0.4, -0.2) is 51.7 Å². The van der Waals surface area contributed by atoms with Crippen LogP contribution < -0.4 is 14.8 Å². The Morgan fingerprint density at radius 1 is 1.11 bits per heavy atom. The van der Waals surface area contributed by atoms with Crippen LogP contribution in [-0.2, 0) is 23.3 Å². The maximum absolute atomic E-state index is 13.1. The molecule has 3 aromatic rings. The predicted octanol–water partition coefficient (Wildman–Crippen LogP) is 4.00. The normalized spacial score (nSPS) is 24.3. The number of rotatable bonds is 6. The van der Waals surface area contributed by atoms with Crippen molar-refractivity contribution in [1.29, 1.82) is 0 Å². The quantitative estimate of drug-likeness (QED) is 0.550. The van der Waals surface area contributed by atoms with Crippen LogP contribution in [0.25, 0.3) is 11.3 Å². The molecule has 2 aromatic carbocycles. The summed E-state index contributed by atoms with van der Waals surface area (Å²) >= 11 is 0. The van der Waals surface area contributed by atoms with Gasteiger partial charge in [0.25, 0.3) is 0 Å². The second kappa shape index (κ2) is 9.49. The Kier molecular flexibility index (Phi) is 6.15. The molecule has 8 nitrogen and oxygen atoms in total. The number of aromatic nitrogens is 3. The molecule has 0 saturated carbocycles. The van der Waals surface area contributed by atoms with Gasteiger partial charge >= 0.3 is 0 Å². The van der Waals surface area contributed by atoms with Crippen molar-refractivity contribution in [3.63, 3.8) is 0 Å². The van der Waals surface area contributed by atoms with E-state index in [0.717, 1.165) is 60.8 Å². The van der Waals surface area contributed by atoms with Gasteiger partial charge in [0.2, 0.25) is 12.7 Å². The topological polar surface area (TPSA) is 81.5 Å². The standard InChI is InChI=1S/C29H35N5O3/c1-29(2,3)22-7-5-20(6-8-22)25-17-34(32-31-25)15-23-13-21-10-11-33(23)16-24(21)28(35)30-14-19-4-9-26-27(12-19)37-18-36-26/h4-9,12,17,21,23-24H,10-11,13-16,18H2,1-3H3,(H,30,35)/t21?,23-,24+/m1/s1. The summed E-state index contributed by atoms with van der Waals surface area (Å²) in [5.74, 6) is 2.09. The van der Waals surface area contributed by atoms with Gasteiger partial charge in [0.05, 0.1) is 18.7 Å². The lowest BCUT2D eigenvalue weighted by molar-refractivity contribution is -0.133.